The van der Waals surface area contributed by atoms with Crippen molar-refractivity contribution in [2.24, 2.45) is 5.11 Å². The number of rotatable bonds is 11. The number of azide groups is 1. The van der Waals surface area contributed by atoms with Gasteiger partial charge in [0.25, 0.3) is 0 Å². The van der Waals surface area contributed by atoms with Gasteiger partial charge in [-0.1, -0.05) is 29.4 Å². The van der Waals surface area contributed by atoms with Crippen molar-refractivity contribution < 1.29 is 38.4 Å². The molecule has 1 aromatic carbocycles. The Kier molecular flexibility index (Phi) is 10.6. The Morgan fingerprint density at radius 3 is 2.78 bits per heavy atom. The first-order chi connectivity index (χ1) is 21.5. The van der Waals surface area contributed by atoms with Crippen LogP contribution in [0.4, 0.5) is 21.1 Å². The predicted octanol–water partition coefficient (Wildman–Crippen LogP) is 2.75. The molecule has 1 aliphatic heterocycles. The minimum atomic E-state index is -1.30. The average molecular weight is 627 g/mol. The molecule has 4 unspecified atom stereocenters. The lowest BCUT2D eigenvalue weighted by molar-refractivity contribution is -0.156. The Morgan fingerprint density at radius 1 is 1.24 bits per heavy atom. The number of nitrogens with two attached hydrogens (primary N) is 1. The fourth-order valence-corrected chi connectivity index (χ4v) is 4.38. The summed E-state index contributed by atoms with van der Waals surface area (Å²) >= 11 is 0. The number of aliphatic hydroxyl groups is 1. The summed E-state index contributed by atoms with van der Waals surface area (Å²) in [5, 5.41) is 19.6. The van der Waals surface area contributed by atoms with Gasteiger partial charge in [-0.2, -0.15) is 0 Å². The van der Waals surface area contributed by atoms with E-state index in [0.29, 0.717) is 22.4 Å². The van der Waals surface area contributed by atoms with E-state index >= 15 is 0 Å². The number of nitrogens with one attached hydrogen (secondary N) is 2. The van der Waals surface area contributed by atoms with Gasteiger partial charge >= 0.3 is 18.2 Å². The third kappa shape index (κ3) is 8.69. The topological polar surface area (TPSA) is 251 Å². The summed E-state index contributed by atoms with van der Waals surface area (Å²) in [7, 11) is 0. The molecule has 5 N–H and O–H groups in total. The molecule has 1 aliphatic rings. The van der Waals surface area contributed by atoms with E-state index in [9.17, 15) is 19.5 Å². The normalized spacial score (nSPS) is 18.4. The van der Waals surface area contributed by atoms with E-state index in [4.69, 9.17) is 30.2 Å². The van der Waals surface area contributed by atoms with E-state index in [1.54, 1.807) is 45.0 Å². The number of aromatic nitrogens is 4. The first-order valence-corrected chi connectivity index (χ1v) is 13.9. The number of ether oxygens (including phenoxy) is 4. The lowest BCUT2D eigenvalue weighted by atomic mass is 10.1. The number of hydrogen-bond acceptors (Lipinski definition) is 13. The van der Waals surface area contributed by atoms with Crippen LogP contribution in [-0.4, -0.2) is 79.8 Å². The van der Waals surface area contributed by atoms with Crippen LogP contribution in [0, 0.1) is 0 Å². The number of fused-ring (bicyclic) bond motifs is 1. The van der Waals surface area contributed by atoms with Crippen molar-refractivity contribution >= 4 is 40.8 Å². The first-order valence-electron chi connectivity index (χ1n) is 13.9. The van der Waals surface area contributed by atoms with Crippen molar-refractivity contribution in [1.82, 2.24) is 30.2 Å². The van der Waals surface area contributed by atoms with E-state index in [-0.39, 0.29) is 38.4 Å². The summed E-state index contributed by atoms with van der Waals surface area (Å²) in [4.78, 5) is 52.9. The number of aliphatic hydroxyl groups excluding tert-OH is 1. The van der Waals surface area contributed by atoms with Gasteiger partial charge in [-0.25, -0.2) is 29.3 Å². The maximum absolute atomic E-state index is 13.2. The molecule has 4 atom stereocenters. The molecule has 1 saturated heterocycles. The SMILES string of the molecule is CC(C)(C)OC(=O)NC(CCCNC(=O)OCc1ccccc1N=[N+]=[N-])C(=O)OC1COC(n2cnc3c(N)ncnc32)C1O. The van der Waals surface area contributed by atoms with Crippen LogP contribution in [0.2, 0.25) is 0 Å². The number of alkyl carbamates (subject to hydrolysis) is 2. The maximum atomic E-state index is 13.2. The maximum Gasteiger partial charge on any atom is 0.408 e. The summed E-state index contributed by atoms with van der Waals surface area (Å²) in [5.74, 6) is -0.683. The summed E-state index contributed by atoms with van der Waals surface area (Å²) in [6.45, 7) is 4.83. The largest absolute Gasteiger partial charge is 0.455 e. The highest BCUT2D eigenvalue weighted by Gasteiger charge is 2.41. The molecule has 0 saturated carbocycles. The highest BCUT2D eigenvalue weighted by atomic mass is 16.6. The number of imidazole rings is 1. The number of benzene rings is 1. The number of esters is 1. The Balaban J connectivity index is 1.33. The minimum absolute atomic E-state index is 0.0491. The predicted molar refractivity (Wildman–Crippen MR) is 156 cm³/mol. The van der Waals surface area contributed by atoms with Crippen LogP contribution in [0.25, 0.3) is 21.6 Å². The van der Waals surface area contributed by atoms with Gasteiger partial charge in [0.2, 0.25) is 0 Å². The molecular formula is C27H34N10O8. The van der Waals surface area contributed by atoms with Crippen molar-refractivity contribution in [2.45, 2.75) is 70.3 Å². The van der Waals surface area contributed by atoms with Gasteiger partial charge in [-0.3, -0.25) is 4.57 Å². The molecule has 0 radical (unpaired) electrons. The zero-order valence-corrected chi connectivity index (χ0v) is 24.8. The molecule has 0 bridgehead atoms. The first kappa shape index (κ1) is 32.7. The summed E-state index contributed by atoms with van der Waals surface area (Å²) in [6, 6.07) is 5.47. The van der Waals surface area contributed by atoms with Crippen molar-refractivity contribution in [1.29, 1.82) is 0 Å². The van der Waals surface area contributed by atoms with Crippen molar-refractivity contribution in [3.8, 4) is 0 Å². The molecule has 1 fully saturated rings. The zero-order valence-electron chi connectivity index (χ0n) is 24.8. The monoisotopic (exact) mass is 626 g/mol. The Bertz CT molecular complexity index is 1570. The lowest BCUT2D eigenvalue weighted by Gasteiger charge is -2.24. The zero-order chi connectivity index (χ0) is 32.6. The van der Waals surface area contributed by atoms with Crippen LogP contribution < -0.4 is 16.4 Å². The van der Waals surface area contributed by atoms with Gasteiger partial charge in [0.05, 0.1) is 12.9 Å². The van der Waals surface area contributed by atoms with Gasteiger partial charge in [-0.15, -0.1) is 0 Å². The summed E-state index contributed by atoms with van der Waals surface area (Å²) in [5.41, 5.74) is 15.2. The third-order valence-electron chi connectivity index (χ3n) is 6.45. The highest BCUT2D eigenvalue weighted by molar-refractivity contribution is 5.82. The van der Waals surface area contributed by atoms with E-state index in [1.165, 1.54) is 17.2 Å². The summed E-state index contributed by atoms with van der Waals surface area (Å²) < 4.78 is 23.2. The second-order valence-corrected chi connectivity index (χ2v) is 10.9. The Labute approximate surface area is 256 Å². The standard InChI is InChI=1S/C27H34N10O8/c1-27(2,3)45-26(41)34-17(9-6-10-30-25(40)43-11-15-7-4-5-8-16(15)35-36-29)24(39)44-18-12-42-23(20(18)38)37-14-33-19-21(28)31-13-32-22(19)37/h4-5,7-8,13-14,17-18,20,23,38H,6,9-12H2,1-3H3,(H,30,40)(H,34,41)(H2,28,31,32). The molecule has 2 amide bonds. The molecular weight excluding hydrogens is 592 g/mol. The number of amides is 2. The lowest BCUT2D eigenvalue weighted by Crippen LogP contribution is -2.46. The average Bonchev–Trinajstić information content (AvgIpc) is 3.57. The quantitative estimate of drug-likeness (QED) is 0.0599. The number of carbonyl (C=O) groups excluding carboxylic acids is 3. The van der Waals surface area contributed by atoms with Crippen LogP contribution in [0.1, 0.15) is 45.4 Å². The number of carbonyl (C=O) groups is 3. The highest BCUT2D eigenvalue weighted by Crippen LogP contribution is 2.30. The van der Waals surface area contributed by atoms with Gasteiger partial charge in [-0.05, 0) is 44.7 Å². The van der Waals surface area contributed by atoms with Crippen LogP contribution in [0.3, 0.4) is 0 Å². The minimum Gasteiger partial charge on any atom is -0.455 e. The van der Waals surface area contributed by atoms with Crippen molar-refractivity contribution in [3.63, 3.8) is 0 Å². The van der Waals surface area contributed by atoms with Crippen molar-refractivity contribution in [3.05, 3.63) is 52.9 Å². The van der Waals surface area contributed by atoms with Crippen LogP contribution in [0.15, 0.2) is 42.0 Å². The molecule has 4 rings (SSSR count). The second-order valence-electron chi connectivity index (χ2n) is 10.9. The molecule has 0 spiro atoms. The molecule has 3 aromatic rings. The molecule has 2 aromatic heterocycles. The fourth-order valence-electron chi connectivity index (χ4n) is 4.38. The van der Waals surface area contributed by atoms with E-state index in [1.807, 2.05) is 0 Å². The van der Waals surface area contributed by atoms with Gasteiger partial charge in [0, 0.05) is 17.1 Å². The molecule has 0 aliphatic carbocycles. The number of nitrogen functional groups attached to an aromatic ring is 1. The third-order valence-corrected chi connectivity index (χ3v) is 6.45. The number of hydrogen-bond donors (Lipinski definition) is 4. The van der Waals surface area contributed by atoms with Gasteiger partial charge in [0.15, 0.2) is 23.8 Å². The smallest absolute Gasteiger partial charge is 0.408 e. The molecule has 18 nitrogen and oxygen atoms in total. The fraction of sp³-hybridized carbons (Fsp3) is 0.481. The Hall–Kier alpha value is -5.19. The Morgan fingerprint density at radius 2 is 2.02 bits per heavy atom. The van der Waals surface area contributed by atoms with Crippen LogP contribution >= 0.6 is 0 Å². The van der Waals surface area contributed by atoms with E-state index in [2.05, 4.69) is 35.6 Å². The summed E-state index contributed by atoms with van der Waals surface area (Å²) in [6.07, 6.45) is -2.03. The molecule has 18 heteroatoms. The van der Waals surface area contributed by atoms with Gasteiger partial charge in [0.1, 0.15) is 36.2 Å². The number of nitrogens with zero attached hydrogens (tertiary/aromatic N) is 7. The second kappa shape index (κ2) is 14.5. The molecule has 240 valence electrons. The van der Waals surface area contributed by atoms with Crippen LogP contribution in [-0.2, 0) is 30.3 Å². The molecule has 45 heavy (non-hydrogen) atoms. The number of anilines is 1. The van der Waals surface area contributed by atoms with Gasteiger partial charge < -0.3 is 40.4 Å². The van der Waals surface area contributed by atoms with E-state index < -0.39 is 48.2 Å². The van der Waals surface area contributed by atoms with Crippen LogP contribution in [0.5, 0.6) is 0 Å². The van der Waals surface area contributed by atoms with E-state index in [0.717, 1.165) is 0 Å². The molecule has 3 heterocycles. The van der Waals surface area contributed by atoms with Crippen molar-refractivity contribution in [2.75, 3.05) is 18.9 Å².